The van der Waals surface area contributed by atoms with Crippen LogP contribution in [0.2, 0.25) is 0 Å². The normalized spacial score (nSPS) is 10.4. The zero-order chi connectivity index (χ0) is 13.5. The predicted octanol–water partition coefficient (Wildman–Crippen LogP) is 3.98. The van der Waals surface area contributed by atoms with Crippen molar-refractivity contribution in [1.82, 2.24) is 5.32 Å². The van der Waals surface area contributed by atoms with E-state index in [1.807, 2.05) is 19.1 Å². The number of hydrogen-bond donors (Lipinski definition) is 1. The van der Waals surface area contributed by atoms with E-state index in [0.29, 0.717) is 6.61 Å². The Hall–Kier alpha value is -1.07. The minimum absolute atomic E-state index is 0.706. The van der Waals surface area contributed by atoms with E-state index in [1.165, 1.54) is 14.7 Å². The van der Waals surface area contributed by atoms with Crippen molar-refractivity contribution in [3.8, 4) is 5.75 Å². The van der Waals surface area contributed by atoms with Gasteiger partial charge in [0.05, 0.1) is 6.61 Å². The number of hydrogen-bond acceptors (Lipinski definition) is 2. The Balaban J connectivity index is 1.93. The highest BCUT2D eigenvalue weighted by molar-refractivity contribution is 14.1. The first kappa shape index (κ1) is 14.3. The molecule has 0 radical (unpaired) electrons. The summed E-state index contributed by atoms with van der Waals surface area (Å²) in [6.07, 6.45) is 0. The molecule has 1 N–H and O–H groups in total. The zero-order valence-corrected chi connectivity index (χ0v) is 13.2. The number of ether oxygens (including phenoxy) is 1. The van der Waals surface area contributed by atoms with E-state index in [2.05, 4.69) is 64.3 Å². The molecule has 0 heterocycles. The van der Waals surface area contributed by atoms with Gasteiger partial charge >= 0.3 is 0 Å². The first-order valence-corrected chi connectivity index (χ1v) is 7.53. The molecule has 0 fully saturated rings. The zero-order valence-electron chi connectivity index (χ0n) is 11.0. The van der Waals surface area contributed by atoms with Crippen LogP contribution in [0.5, 0.6) is 5.75 Å². The molecule has 100 valence electrons. The summed E-state index contributed by atoms with van der Waals surface area (Å²) in [7, 11) is 0. The molecule has 0 bridgehead atoms. The Morgan fingerprint density at radius 3 is 2.58 bits per heavy atom. The number of halogens is 1. The standard InChI is InChI=1S/C16H18INO/c1-2-19-15-8-9-16(17)14(10-15)12-18-11-13-6-4-3-5-7-13/h3-10,18H,2,11-12H2,1H3. The summed E-state index contributed by atoms with van der Waals surface area (Å²) >= 11 is 2.36. The van der Waals surface area contributed by atoms with Gasteiger partial charge in [0, 0.05) is 16.7 Å². The van der Waals surface area contributed by atoms with Crippen LogP contribution in [-0.2, 0) is 13.1 Å². The maximum atomic E-state index is 5.54. The van der Waals surface area contributed by atoms with Gasteiger partial charge in [-0.2, -0.15) is 0 Å². The summed E-state index contributed by atoms with van der Waals surface area (Å²) in [5.41, 5.74) is 2.58. The van der Waals surface area contributed by atoms with Gasteiger partial charge in [-0.3, -0.25) is 0 Å². The van der Waals surface area contributed by atoms with Crippen LogP contribution in [0.1, 0.15) is 18.1 Å². The van der Waals surface area contributed by atoms with Crippen molar-refractivity contribution < 1.29 is 4.74 Å². The van der Waals surface area contributed by atoms with Crippen molar-refractivity contribution in [2.75, 3.05) is 6.61 Å². The molecule has 0 aliphatic heterocycles. The molecule has 2 aromatic carbocycles. The molecule has 19 heavy (non-hydrogen) atoms. The Morgan fingerprint density at radius 2 is 1.84 bits per heavy atom. The smallest absolute Gasteiger partial charge is 0.119 e. The fourth-order valence-corrected chi connectivity index (χ4v) is 2.41. The van der Waals surface area contributed by atoms with Crippen LogP contribution in [0.25, 0.3) is 0 Å². The van der Waals surface area contributed by atoms with Crippen molar-refractivity contribution in [3.63, 3.8) is 0 Å². The molecular weight excluding hydrogens is 349 g/mol. The molecule has 0 aromatic heterocycles. The monoisotopic (exact) mass is 367 g/mol. The van der Waals surface area contributed by atoms with Crippen LogP contribution >= 0.6 is 22.6 Å². The third kappa shape index (κ3) is 4.51. The fourth-order valence-electron chi connectivity index (χ4n) is 1.88. The minimum atomic E-state index is 0.706. The largest absolute Gasteiger partial charge is 0.494 e. The molecule has 2 rings (SSSR count). The van der Waals surface area contributed by atoms with Crippen molar-refractivity contribution in [3.05, 3.63) is 63.2 Å². The summed E-state index contributed by atoms with van der Waals surface area (Å²) in [4.78, 5) is 0. The van der Waals surface area contributed by atoms with Gasteiger partial charge in [-0.1, -0.05) is 30.3 Å². The molecule has 0 aliphatic rings. The lowest BCUT2D eigenvalue weighted by atomic mass is 10.2. The summed E-state index contributed by atoms with van der Waals surface area (Å²) in [6, 6.07) is 16.7. The maximum absolute atomic E-state index is 5.54. The van der Waals surface area contributed by atoms with Crippen LogP contribution in [0.4, 0.5) is 0 Å². The van der Waals surface area contributed by atoms with E-state index >= 15 is 0 Å². The van der Waals surface area contributed by atoms with Gasteiger partial charge in [0.1, 0.15) is 5.75 Å². The Morgan fingerprint density at radius 1 is 1.05 bits per heavy atom. The van der Waals surface area contributed by atoms with Crippen LogP contribution in [0.3, 0.4) is 0 Å². The summed E-state index contributed by atoms with van der Waals surface area (Å²) in [5.74, 6) is 0.944. The van der Waals surface area contributed by atoms with Gasteiger partial charge in [-0.05, 0) is 58.8 Å². The maximum Gasteiger partial charge on any atom is 0.119 e. The Kier molecular flexibility index (Phi) is 5.66. The first-order valence-electron chi connectivity index (χ1n) is 6.45. The van der Waals surface area contributed by atoms with E-state index in [-0.39, 0.29) is 0 Å². The molecule has 0 atom stereocenters. The Labute approximate surface area is 128 Å². The van der Waals surface area contributed by atoms with Crippen molar-refractivity contribution in [2.24, 2.45) is 0 Å². The SMILES string of the molecule is CCOc1ccc(I)c(CNCc2ccccc2)c1. The second-order valence-electron chi connectivity index (χ2n) is 4.28. The highest BCUT2D eigenvalue weighted by Crippen LogP contribution is 2.19. The lowest BCUT2D eigenvalue weighted by Gasteiger charge is -2.10. The predicted molar refractivity (Wildman–Crippen MR) is 87.3 cm³/mol. The lowest BCUT2D eigenvalue weighted by Crippen LogP contribution is -2.13. The molecule has 0 saturated carbocycles. The van der Waals surface area contributed by atoms with E-state index in [9.17, 15) is 0 Å². The summed E-state index contributed by atoms with van der Waals surface area (Å²) < 4.78 is 6.80. The molecule has 2 aromatic rings. The van der Waals surface area contributed by atoms with Crippen LogP contribution in [0.15, 0.2) is 48.5 Å². The molecule has 0 amide bonds. The van der Waals surface area contributed by atoms with Crippen LogP contribution in [-0.4, -0.2) is 6.61 Å². The quantitative estimate of drug-likeness (QED) is 0.780. The third-order valence-corrected chi connectivity index (χ3v) is 3.87. The molecule has 0 spiro atoms. The van der Waals surface area contributed by atoms with E-state index in [0.717, 1.165) is 18.8 Å². The summed E-state index contributed by atoms with van der Waals surface area (Å²) in [5, 5.41) is 3.47. The summed E-state index contributed by atoms with van der Waals surface area (Å²) in [6.45, 7) is 4.45. The van der Waals surface area contributed by atoms with Gasteiger partial charge < -0.3 is 10.1 Å². The average Bonchev–Trinajstić information content (AvgIpc) is 2.44. The van der Waals surface area contributed by atoms with Crippen LogP contribution < -0.4 is 10.1 Å². The fraction of sp³-hybridized carbons (Fsp3) is 0.250. The second-order valence-corrected chi connectivity index (χ2v) is 5.44. The Bertz CT molecular complexity index is 513. The number of benzene rings is 2. The van der Waals surface area contributed by atoms with Gasteiger partial charge in [0.25, 0.3) is 0 Å². The molecular formula is C16H18INO. The molecule has 0 saturated heterocycles. The van der Waals surface area contributed by atoms with Crippen molar-refractivity contribution >= 4 is 22.6 Å². The first-order chi connectivity index (χ1) is 9.29. The molecule has 3 heteroatoms. The van der Waals surface area contributed by atoms with Crippen molar-refractivity contribution in [2.45, 2.75) is 20.0 Å². The van der Waals surface area contributed by atoms with Gasteiger partial charge in [0.2, 0.25) is 0 Å². The minimum Gasteiger partial charge on any atom is -0.494 e. The van der Waals surface area contributed by atoms with Gasteiger partial charge in [0.15, 0.2) is 0 Å². The molecule has 0 aliphatic carbocycles. The third-order valence-electron chi connectivity index (χ3n) is 2.82. The molecule has 0 unspecified atom stereocenters. The van der Waals surface area contributed by atoms with Gasteiger partial charge in [-0.25, -0.2) is 0 Å². The second kappa shape index (κ2) is 7.50. The van der Waals surface area contributed by atoms with Crippen molar-refractivity contribution in [1.29, 1.82) is 0 Å². The van der Waals surface area contributed by atoms with E-state index in [1.54, 1.807) is 0 Å². The number of nitrogens with one attached hydrogen (secondary N) is 1. The highest BCUT2D eigenvalue weighted by Gasteiger charge is 2.02. The van der Waals surface area contributed by atoms with E-state index < -0.39 is 0 Å². The van der Waals surface area contributed by atoms with E-state index in [4.69, 9.17) is 4.74 Å². The van der Waals surface area contributed by atoms with Gasteiger partial charge in [-0.15, -0.1) is 0 Å². The lowest BCUT2D eigenvalue weighted by molar-refractivity contribution is 0.339. The van der Waals surface area contributed by atoms with Crippen LogP contribution in [0, 0.1) is 3.57 Å². The number of rotatable bonds is 6. The average molecular weight is 367 g/mol. The highest BCUT2D eigenvalue weighted by atomic mass is 127. The topological polar surface area (TPSA) is 21.3 Å². The molecule has 2 nitrogen and oxygen atoms in total.